The molecular formula is C14H16N2O. The Kier molecular flexibility index (Phi) is 2.12. The van der Waals surface area contributed by atoms with E-state index >= 15 is 0 Å². The van der Waals surface area contributed by atoms with Crippen LogP contribution in [-0.2, 0) is 13.0 Å². The third kappa shape index (κ3) is 1.66. The average molecular weight is 228 g/mol. The van der Waals surface area contributed by atoms with E-state index < -0.39 is 0 Å². The summed E-state index contributed by atoms with van der Waals surface area (Å²) in [4.78, 5) is 16.2. The summed E-state index contributed by atoms with van der Waals surface area (Å²) in [6, 6.07) is 7.75. The number of rotatable bonds is 0. The first-order valence-electron chi connectivity index (χ1n) is 6.05. The highest BCUT2D eigenvalue weighted by molar-refractivity contribution is 5.78. The minimum Gasteiger partial charge on any atom is -0.329 e. The van der Waals surface area contributed by atoms with E-state index in [1.54, 1.807) is 0 Å². The Balaban J connectivity index is 2.32. The molecule has 0 fully saturated rings. The lowest BCUT2D eigenvalue weighted by atomic mass is 9.83. The van der Waals surface area contributed by atoms with Gasteiger partial charge in [-0.2, -0.15) is 4.98 Å². The summed E-state index contributed by atoms with van der Waals surface area (Å²) in [7, 11) is 0. The van der Waals surface area contributed by atoms with Crippen LogP contribution in [0.5, 0.6) is 0 Å². The molecule has 0 N–H and O–H groups in total. The summed E-state index contributed by atoms with van der Waals surface area (Å²) in [5, 5.41) is 0.732. The fourth-order valence-electron chi connectivity index (χ4n) is 2.58. The van der Waals surface area contributed by atoms with Gasteiger partial charge >= 0.3 is 0 Å². The molecule has 1 aromatic carbocycles. The molecule has 0 atom stereocenters. The number of para-hydroxylation sites is 1. The second kappa shape index (κ2) is 3.42. The normalized spacial score (nSPS) is 18.0. The molecule has 3 rings (SSSR count). The average Bonchev–Trinajstić information content (AvgIpc) is 2.28. The van der Waals surface area contributed by atoms with Gasteiger partial charge in [0.05, 0.1) is 10.9 Å². The molecule has 0 unspecified atom stereocenters. The lowest BCUT2D eigenvalue weighted by Crippen LogP contribution is -2.31. The molecule has 3 heteroatoms. The van der Waals surface area contributed by atoms with E-state index in [-0.39, 0.29) is 11.0 Å². The van der Waals surface area contributed by atoms with Gasteiger partial charge < -0.3 is 4.57 Å². The minimum absolute atomic E-state index is 0.0930. The second-order valence-electron chi connectivity index (χ2n) is 5.59. The third-order valence-corrected chi connectivity index (χ3v) is 3.62. The number of aryl methyl sites for hydroxylation is 1. The number of fused-ring (bicyclic) bond motifs is 3. The minimum atomic E-state index is -0.0930. The van der Waals surface area contributed by atoms with E-state index in [0.29, 0.717) is 0 Å². The highest BCUT2D eigenvalue weighted by atomic mass is 16.1. The van der Waals surface area contributed by atoms with Crippen molar-refractivity contribution in [2.75, 3.05) is 0 Å². The highest BCUT2D eigenvalue weighted by Crippen LogP contribution is 2.31. The predicted octanol–water partition coefficient (Wildman–Crippen LogP) is 2.37. The summed E-state index contributed by atoms with van der Waals surface area (Å²) < 4.78 is 2.20. The molecule has 17 heavy (non-hydrogen) atoms. The molecule has 1 aliphatic heterocycles. The molecule has 2 heterocycles. The van der Waals surface area contributed by atoms with E-state index in [1.807, 2.05) is 24.3 Å². The number of aromatic nitrogens is 2. The fraction of sp³-hybridized carbons (Fsp3) is 0.429. The first-order chi connectivity index (χ1) is 8.07. The third-order valence-electron chi connectivity index (χ3n) is 3.62. The first kappa shape index (κ1) is 10.5. The fourth-order valence-corrected chi connectivity index (χ4v) is 2.58. The standard InChI is InChI=1S/C14H16N2O/c1-14(2)7-8-16-11-6-4-3-5-10(11)13(17)15-12(16)9-14/h3-6H,7-9H2,1-2H3. The van der Waals surface area contributed by atoms with Gasteiger partial charge in [0.25, 0.3) is 5.56 Å². The zero-order valence-electron chi connectivity index (χ0n) is 10.2. The van der Waals surface area contributed by atoms with Crippen LogP contribution < -0.4 is 5.56 Å². The van der Waals surface area contributed by atoms with E-state index in [9.17, 15) is 4.79 Å². The van der Waals surface area contributed by atoms with Crippen LogP contribution in [0.15, 0.2) is 29.1 Å². The van der Waals surface area contributed by atoms with Gasteiger partial charge in [0.1, 0.15) is 5.82 Å². The van der Waals surface area contributed by atoms with Gasteiger partial charge in [-0.1, -0.05) is 26.0 Å². The van der Waals surface area contributed by atoms with Crippen molar-refractivity contribution in [3.8, 4) is 0 Å². The Morgan fingerprint density at radius 1 is 1.29 bits per heavy atom. The Morgan fingerprint density at radius 3 is 2.88 bits per heavy atom. The topological polar surface area (TPSA) is 34.9 Å². The van der Waals surface area contributed by atoms with Gasteiger partial charge in [-0.3, -0.25) is 4.79 Å². The smallest absolute Gasteiger partial charge is 0.280 e. The van der Waals surface area contributed by atoms with Crippen molar-refractivity contribution >= 4 is 10.9 Å². The summed E-state index contributed by atoms with van der Waals surface area (Å²) in [6.07, 6.45) is 2.02. The van der Waals surface area contributed by atoms with Crippen molar-refractivity contribution in [3.63, 3.8) is 0 Å². The molecule has 0 amide bonds. The number of hydrogen-bond donors (Lipinski definition) is 0. The maximum absolute atomic E-state index is 11.9. The van der Waals surface area contributed by atoms with Crippen LogP contribution in [-0.4, -0.2) is 9.55 Å². The van der Waals surface area contributed by atoms with E-state index in [0.717, 1.165) is 36.1 Å². The van der Waals surface area contributed by atoms with Crippen LogP contribution in [0.4, 0.5) is 0 Å². The summed E-state index contributed by atoms with van der Waals surface area (Å²) >= 11 is 0. The Labute approximate surface area is 100 Å². The molecule has 1 aliphatic rings. The first-order valence-corrected chi connectivity index (χ1v) is 6.05. The maximum atomic E-state index is 11.9. The van der Waals surface area contributed by atoms with Crippen molar-refractivity contribution in [1.82, 2.24) is 9.55 Å². The molecule has 3 nitrogen and oxygen atoms in total. The molecular weight excluding hydrogens is 212 g/mol. The van der Waals surface area contributed by atoms with Gasteiger partial charge in [-0.25, -0.2) is 0 Å². The largest absolute Gasteiger partial charge is 0.329 e. The van der Waals surface area contributed by atoms with E-state index in [1.165, 1.54) is 0 Å². The molecule has 0 spiro atoms. The summed E-state index contributed by atoms with van der Waals surface area (Å²) in [5.41, 5.74) is 1.18. The molecule has 0 radical (unpaired) electrons. The predicted molar refractivity (Wildman–Crippen MR) is 68.1 cm³/mol. The van der Waals surface area contributed by atoms with E-state index in [2.05, 4.69) is 23.4 Å². The SMILES string of the molecule is CC1(C)CCn2c(nc(=O)c3ccccc32)C1. The van der Waals surface area contributed by atoms with Crippen LogP contribution >= 0.6 is 0 Å². The van der Waals surface area contributed by atoms with Crippen LogP contribution in [0.1, 0.15) is 26.1 Å². The van der Waals surface area contributed by atoms with Crippen molar-refractivity contribution in [3.05, 3.63) is 40.4 Å². The molecule has 88 valence electrons. The zero-order valence-corrected chi connectivity index (χ0v) is 10.2. The highest BCUT2D eigenvalue weighted by Gasteiger charge is 2.27. The lowest BCUT2D eigenvalue weighted by Gasteiger charge is -2.32. The maximum Gasteiger partial charge on any atom is 0.280 e. The van der Waals surface area contributed by atoms with Crippen LogP contribution in [0.3, 0.4) is 0 Å². The molecule has 0 saturated carbocycles. The summed E-state index contributed by atoms with van der Waals surface area (Å²) in [5.74, 6) is 0.935. The zero-order chi connectivity index (χ0) is 12.0. The molecule has 0 aliphatic carbocycles. The van der Waals surface area contributed by atoms with Crippen molar-refractivity contribution in [2.24, 2.45) is 5.41 Å². The Hall–Kier alpha value is -1.64. The van der Waals surface area contributed by atoms with Crippen LogP contribution in [0.25, 0.3) is 10.9 Å². The quantitative estimate of drug-likeness (QED) is 0.694. The van der Waals surface area contributed by atoms with Crippen molar-refractivity contribution in [2.45, 2.75) is 33.2 Å². The molecule has 1 aromatic heterocycles. The van der Waals surface area contributed by atoms with Crippen molar-refractivity contribution in [1.29, 1.82) is 0 Å². The van der Waals surface area contributed by atoms with E-state index in [4.69, 9.17) is 0 Å². The second-order valence-corrected chi connectivity index (χ2v) is 5.59. The van der Waals surface area contributed by atoms with Gasteiger partial charge in [-0.15, -0.1) is 0 Å². The Morgan fingerprint density at radius 2 is 2.06 bits per heavy atom. The molecule has 2 aromatic rings. The lowest BCUT2D eigenvalue weighted by molar-refractivity contribution is 0.266. The van der Waals surface area contributed by atoms with Gasteiger partial charge in [0.15, 0.2) is 0 Å². The van der Waals surface area contributed by atoms with Crippen LogP contribution in [0.2, 0.25) is 0 Å². The summed E-state index contributed by atoms with van der Waals surface area (Å²) in [6.45, 7) is 5.42. The van der Waals surface area contributed by atoms with Gasteiger partial charge in [0, 0.05) is 13.0 Å². The monoisotopic (exact) mass is 228 g/mol. The van der Waals surface area contributed by atoms with Gasteiger partial charge in [0.2, 0.25) is 0 Å². The molecule has 0 bridgehead atoms. The number of hydrogen-bond acceptors (Lipinski definition) is 2. The number of benzene rings is 1. The van der Waals surface area contributed by atoms with Gasteiger partial charge in [-0.05, 0) is 24.0 Å². The van der Waals surface area contributed by atoms with Crippen LogP contribution in [0, 0.1) is 5.41 Å². The number of nitrogens with zero attached hydrogens (tertiary/aromatic N) is 2. The Bertz CT molecular complexity index is 640. The van der Waals surface area contributed by atoms with Crippen molar-refractivity contribution < 1.29 is 0 Å². The molecule has 0 saturated heterocycles.